The van der Waals surface area contributed by atoms with Crippen LogP contribution < -0.4 is 5.56 Å². The van der Waals surface area contributed by atoms with Gasteiger partial charge in [-0.05, 0) is 56.7 Å². The second-order valence-corrected chi connectivity index (χ2v) is 8.73. The van der Waals surface area contributed by atoms with E-state index < -0.39 is 17.8 Å². The molecule has 0 aliphatic heterocycles. The van der Waals surface area contributed by atoms with Crippen LogP contribution in [0.15, 0.2) is 53.3 Å². The van der Waals surface area contributed by atoms with E-state index in [1.807, 2.05) is 6.92 Å². The molecule has 0 aliphatic carbocycles. The Labute approximate surface area is 210 Å². The highest BCUT2D eigenvalue weighted by atomic mass is 19.1. The number of benzene rings is 2. The summed E-state index contributed by atoms with van der Waals surface area (Å²) in [5.41, 5.74) is 0.693. The number of hydrogen-bond donors (Lipinski definition) is 0. The highest BCUT2D eigenvalue weighted by Gasteiger charge is 2.27. The minimum atomic E-state index is -0.566. The predicted molar refractivity (Wildman–Crippen MR) is 137 cm³/mol. The molecule has 3 rings (SSSR count). The highest BCUT2D eigenvalue weighted by molar-refractivity contribution is 5.82. The first-order chi connectivity index (χ1) is 17.4. The average molecular weight is 496 g/mol. The normalized spacial score (nSPS) is 11.9. The molecule has 7 nitrogen and oxygen atoms in total. The van der Waals surface area contributed by atoms with Gasteiger partial charge in [0.25, 0.3) is 5.56 Å². The summed E-state index contributed by atoms with van der Waals surface area (Å²) in [5.74, 6) is -0.663. The van der Waals surface area contributed by atoms with Crippen LogP contribution in [0.4, 0.5) is 4.39 Å². The Morgan fingerprint density at radius 3 is 2.44 bits per heavy atom. The number of carbonyl (C=O) groups excluding carboxylic acids is 2. The van der Waals surface area contributed by atoms with Crippen molar-refractivity contribution in [1.82, 2.24) is 14.5 Å². The smallest absolute Gasteiger partial charge is 0.306 e. The summed E-state index contributed by atoms with van der Waals surface area (Å²) in [6, 6.07) is 12.1. The van der Waals surface area contributed by atoms with Gasteiger partial charge >= 0.3 is 5.97 Å². The third-order valence-electron chi connectivity index (χ3n) is 6.15. The molecule has 2 aromatic carbocycles. The van der Waals surface area contributed by atoms with Gasteiger partial charge in [-0.1, -0.05) is 38.3 Å². The first kappa shape index (κ1) is 27.0. The van der Waals surface area contributed by atoms with Crippen LogP contribution in [0.2, 0.25) is 0 Å². The minimum absolute atomic E-state index is 0.00527. The van der Waals surface area contributed by atoms with E-state index in [9.17, 15) is 18.8 Å². The van der Waals surface area contributed by atoms with Crippen LogP contribution in [0.1, 0.15) is 71.2 Å². The van der Waals surface area contributed by atoms with E-state index >= 15 is 0 Å². The Morgan fingerprint density at radius 1 is 1.03 bits per heavy atom. The molecule has 192 valence electrons. The minimum Gasteiger partial charge on any atom is -0.466 e. The molecule has 0 fully saturated rings. The Hall–Kier alpha value is -3.55. The number of para-hydroxylation sites is 1. The van der Waals surface area contributed by atoms with E-state index in [0.29, 0.717) is 29.0 Å². The van der Waals surface area contributed by atoms with Crippen LogP contribution in [0.3, 0.4) is 0 Å². The first-order valence-electron chi connectivity index (χ1n) is 12.6. The second-order valence-electron chi connectivity index (χ2n) is 8.73. The van der Waals surface area contributed by atoms with Crippen LogP contribution >= 0.6 is 0 Å². The SMILES string of the molecule is CCCCCCN(C(=O)CCC(=O)OCC)C(C)c1nc2ccccc2c(=O)n1-c1ccc(F)cc1. The number of halogens is 1. The maximum Gasteiger partial charge on any atom is 0.306 e. The van der Waals surface area contributed by atoms with Crippen LogP contribution in [0.5, 0.6) is 0 Å². The molecule has 8 heteroatoms. The van der Waals surface area contributed by atoms with E-state index in [1.54, 1.807) is 36.1 Å². The van der Waals surface area contributed by atoms with Crippen molar-refractivity contribution in [3.63, 3.8) is 0 Å². The van der Waals surface area contributed by atoms with Gasteiger partial charge in [-0.3, -0.25) is 19.0 Å². The van der Waals surface area contributed by atoms with E-state index in [2.05, 4.69) is 6.92 Å². The molecule has 0 saturated heterocycles. The van der Waals surface area contributed by atoms with Crippen molar-refractivity contribution in [3.8, 4) is 5.69 Å². The Kier molecular flexibility index (Phi) is 9.73. The number of ether oxygens (including phenoxy) is 1. The summed E-state index contributed by atoms with van der Waals surface area (Å²) in [6.07, 6.45) is 3.85. The lowest BCUT2D eigenvalue weighted by Gasteiger charge is -2.31. The second kappa shape index (κ2) is 13.0. The van der Waals surface area contributed by atoms with Crippen LogP contribution in [0, 0.1) is 5.82 Å². The van der Waals surface area contributed by atoms with Crippen molar-refractivity contribution < 1.29 is 18.7 Å². The summed E-state index contributed by atoms with van der Waals surface area (Å²) in [4.78, 5) is 45.3. The lowest BCUT2D eigenvalue weighted by atomic mass is 10.1. The van der Waals surface area contributed by atoms with Gasteiger partial charge in [0, 0.05) is 13.0 Å². The number of amides is 1. The maximum atomic E-state index is 13.7. The van der Waals surface area contributed by atoms with Gasteiger partial charge < -0.3 is 9.64 Å². The van der Waals surface area contributed by atoms with Gasteiger partial charge in [-0.25, -0.2) is 9.37 Å². The number of rotatable bonds is 12. The fourth-order valence-corrected chi connectivity index (χ4v) is 4.24. The van der Waals surface area contributed by atoms with Gasteiger partial charge in [0.05, 0.1) is 35.7 Å². The molecule has 36 heavy (non-hydrogen) atoms. The molecular formula is C28H34FN3O4. The summed E-state index contributed by atoms with van der Waals surface area (Å²) >= 11 is 0. The Morgan fingerprint density at radius 2 is 1.75 bits per heavy atom. The predicted octanol–water partition coefficient (Wildman–Crippen LogP) is 5.34. The zero-order chi connectivity index (χ0) is 26.1. The Balaban J connectivity index is 2.05. The maximum absolute atomic E-state index is 13.7. The van der Waals surface area contributed by atoms with Gasteiger partial charge in [-0.2, -0.15) is 0 Å². The molecular weight excluding hydrogens is 461 g/mol. The molecule has 1 atom stereocenters. The van der Waals surface area contributed by atoms with Gasteiger partial charge in [0.15, 0.2) is 0 Å². The number of esters is 1. The monoisotopic (exact) mass is 495 g/mol. The molecule has 0 spiro atoms. The van der Waals surface area contributed by atoms with E-state index in [0.717, 1.165) is 25.7 Å². The lowest BCUT2D eigenvalue weighted by Crippen LogP contribution is -2.38. The largest absolute Gasteiger partial charge is 0.466 e. The number of carbonyl (C=O) groups is 2. The molecule has 0 bridgehead atoms. The molecule has 0 radical (unpaired) electrons. The van der Waals surface area contributed by atoms with Crippen molar-refractivity contribution in [1.29, 1.82) is 0 Å². The average Bonchev–Trinajstić information content (AvgIpc) is 2.88. The van der Waals surface area contributed by atoms with E-state index in [4.69, 9.17) is 9.72 Å². The van der Waals surface area contributed by atoms with E-state index in [-0.39, 0.29) is 30.9 Å². The summed E-state index contributed by atoms with van der Waals surface area (Å²) in [7, 11) is 0. The van der Waals surface area contributed by atoms with Gasteiger partial charge in [0.2, 0.25) is 5.91 Å². The zero-order valence-electron chi connectivity index (χ0n) is 21.2. The van der Waals surface area contributed by atoms with Crippen molar-refractivity contribution in [3.05, 3.63) is 70.5 Å². The Bertz CT molecular complexity index is 1240. The molecule has 1 unspecified atom stereocenters. The van der Waals surface area contributed by atoms with Crippen molar-refractivity contribution in [2.75, 3.05) is 13.2 Å². The number of fused-ring (bicyclic) bond motifs is 1. The molecule has 0 saturated carbocycles. The number of hydrogen-bond acceptors (Lipinski definition) is 5. The van der Waals surface area contributed by atoms with Crippen molar-refractivity contribution in [2.24, 2.45) is 0 Å². The molecule has 3 aromatic rings. The van der Waals surface area contributed by atoms with Gasteiger partial charge in [-0.15, -0.1) is 0 Å². The highest BCUT2D eigenvalue weighted by Crippen LogP contribution is 2.24. The lowest BCUT2D eigenvalue weighted by molar-refractivity contribution is -0.146. The number of unbranched alkanes of at least 4 members (excludes halogenated alkanes) is 3. The topological polar surface area (TPSA) is 81.5 Å². The van der Waals surface area contributed by atoms with Crippen LogP contribution in [-0.4, -0.2) is 39.5 Å². The zero-order valence-corrected chi connectivity index (χ0v) is 21.2. The third kappa shape index (κ3) is 6.56. The number of aromatic nitrogens is 2. The number of nitrogens with zero attached hydrogens (tertiary/aromatic N) is 3. The fourth-order valence-electron chi connectivity index (χ4n) is 4.24. The third-order valence-corrected chi connectivity index (χ3v) is 6.15. The van der Waals surface area contributed by atoms with E-state index in [1.165, 1.54) is 28.8 Å². The summed E-state index contributed by atoms with van der Waals surface area (Å²) in [6.45, 7) is 6.40. The molecule has 1 amide bonds. The summed E-state index contributed by atoms with van der Waals surface area (Å²) in [5, 5.41) is 0.431. The first-order valence-corrected chi connectivity index (χ1v) is 12.6. The quantitative estimate of drug-likeness (QED) is 0.250. The molecule has 1 aromatic heterocycles. The van der Waals surface area contributed by atoms with Crippen LogP contribution in [0.25, 0.3) is 16.6 Å². The fraction of sp³-hybridized carbons (Fsp3) is 0.429. The standard InChI is InChI=1S/C28H34FN3O4/c1-4-6-7-10-19-31(25(33)17-18-26(34)36-5-2)20(3)27-30-24-12-9-8-11-23(24)28(35)32(27)22-15-13-21(29)14-16-22/h8-9,11-16,20H,4-7,10,17-19H2,1-3H3. The summed E-state index contributed by atoms with van der Waals surface area (Å²) < 4.78 is 20.1. The molecule has 0 aliphatic rings. The van der Waals surface area contributed by atoms with Crippen molar-refractivity contribution >= 4 is 22.8 Å². The van der Waals surface area contributed by atoms with Gasteiger partial charge in [0.1, 0.15) is 11.6 Å². The molecule has 0 N–H and O–H groups in total. The van der Waals surface area contributed by atoms with Crippen molar-refractivity contribution in [2.45, 2.75) is 65.3 Å². The molecule has 1 heterocycles. The van der Waals surface area contributed by atoms with Crippen LogP contribution in [-0.2, 0) is 14.3 Å².